The van der Waals surface area contributed by atoms with E-state index in [-0.39, 0.29) is 36.7 Å². The van der Waals surface area contributed by atoms with Crippen LogP contribution in [0, 0.1) is 5.92 Å². The Bertz CT molecular complexity index is 1030. The molecule has 0 aromatic heterocycles. The van der Waals surface area contributed by atoms with E-state index < -0.39 is 0 Å². The number of nitrogens with zero attached hydrogens (tertiary/aromatic N) is 2. The molecule has 2 aromatic rings. The van der Waals surface area contributed by atoms with Crippen molar-refractivity contribution in [3.63, 3.8) is 0 Å². The Morgan fingerprint density at radius 2 is 1.72 bits per heavy atom. The van der Waals surface area contributed by atoms with Gasteiger partial charge in [0.1, 0.15) is 11.5 Å². The zero-order chi connectivity index (χ0) is 22.7. The summed E-state index contributed by atoms with van der Waals surface area (Å²) in [7, 11) is 4.64. The minimum Gasteiger partial charge on any atom is -0.497 e. The van der Waals surface area contributed by atoms with Gasteiger partial charge in [-0.05, 0) is 54.7 Å². The summed E-state index contributed by atoms with van der Waals surface area (Å²) >= 11 is 0. The van der Waals surface area contributed by atoms with Crippen LogP contribution in [-0.2, 0) is 20.7 Å². The van der Waals surface area contributed by atoms with E-state index in [0.29, 0.717) is 6.42 Å². The summed E-state index contributed by atoms with van der Waals surface area (Å²) in [5.41, 5.74) is 4.20. The van der Waals surface area contributed by atoms with Gasteiger partial charge in [0.15, 0.2) is 0 Å². The number of carbonyl (C=O) groups is 2. The van der Waals surface area contributed by atoms with Gasteiger partial charge in [-0.2, -0.15) is 5.10 Å². The quantitative estimate of drug-likeness (QED) is 0.616. The number of aryl methyl sites for hydroxylation is 1. The number of hydrazone groups is 1. The summed E-state index contributed by atoms with van der Waals surface area (Å²) in [6.45, 7) is 0. The smallest absolute Gasteiger partial charge is 0.305 e. The average Bonchev–Trinajstić information content (AvgIpc) is 3.23. The highest BCUT2D eigenvalue weighted by atomic mass is 16.5. The van der Waals surface area contributed by atoms with Crippen LogP contribution in [0.3, 0.4) is 0 Å². The van der Waals surface area contributed by atoms with Crippen LogP contribution in [0.1, 0.15) is 48.4 Å². The third-order valence-electron chi connectivity index (χ3n) is 6.24. The number of carbonyl (C=O) groups excluding carboxylic acids is 2. The molecule has 2 unspecified atom stereocenters. The van der Waals surface area contributed by atoms with Gasteiger partial charge in [-0.1, -0.05) is 18.2 Å². The Kier molecular flexibility index (Phi) is 6.44. The molecule has 168 valence electrons. The molecular weight excluding hydrogens is 408 g/mol. The number of amides is 1. The molecule has 2 aliphatic rings. The second-order valence-corrected chi connectivity index (χ2v) is 8.04. The normalized spacial score (nSPS) is 19.0. The minimum absolute atomic E-state index is 0.0903. The molecule has 1 amide bonds. The lowest BCUT2D eigenvalue weighted by Gasteiger charge is -2.30. The molecule has 0 radical (unpaired) electrons. The second-order valence-electron chi connectivity index (χ2n) is 8.04. The van der Waals surface area contributed by atoms with Crippen molar-refractivity contribution in [1.29, 1.82) is 0 Å². The molecule has 0 bridgehead atoms. The van der Waals surface area contributed by atoms with Crippen molar-refractivity contribution < 1.29 is 23.8 Å². The maximum atomic E-state index is 13.2. The topological polar surface area (TPSA) is 77.4 Å². The molecule has 0 saturated heterocycles. The molecule has 7 heteroatoms. The SMILES string of the molecule is COC(=O)CCCC(=O)N1N=C2c3cc(OC)ccc3CCC2C1c1ccc(OC)cc1. The molecule has 2 aromatic carbocycles. The van der Waals surface area contributed by atoms with Crippen molar-refractivity contribution in [3.8, 4) is 11.5 Å². The zero-order valence-corrected chi connectivity index (χ0v) is 18.7. The summed E-state index contributed by atoms with van der Waals surface area (Å²) in [5, 5.41) is 6.46. The van der Waals surface area contributed by atoms with Crippen molar-refractivity contribution >= 4 is 17.6 Å². The average molecular weight is 437 g/mol. The van der Waals surface area contributed by atoms with Gasteiger partial charge in [-0.25, -0.2) is 5.01 Å². The Balaban J connectivity index is 1.67. The van der Waals surface area contributed by atoms with E-state index in [1.165, 1.54) is 12.7 Å². The molecule has 1 heterocycles. The largest absolute Gasteiger partial charge is 0.497 e. The van der Waals surface area contributed by atoms with Gasteiger partial charge in [0, 0.05) is 24.3 Å². The van der Waals surface area contributed by atoms with Crippen LogP contribution < -0.4 is 9.47 Å². The summed E-state index contributed by atoms with van der Waals surface area (Å²) in [6, 6.07) is 13.7. The third kappa shape index (κ3) is 4.20. The summed E-state index contributed by atoms with van der Waals surface area (Å²) < 4.78 is 15.4. The Morgan fingerprint density at radius 3 is 2.41 bits per heavy atom. The van der Waals surface area contributed by atoms with E-state index in [4.69, 9.17) is 19.3 Å². The molecule has 4 rings (SSSR count). The van der Waals surface area contributed by atoms with Gasteiger partial charge in [0.05, 0.1) is 33.1 Å². The Labute approximate surface area is 188 Å². The summed E-state index contributed by atoms with van der Waals surface area (Å²) in [5.74, 6) is 1.22. The van der Waals surface area contributed by atoms with Gasteiger partial charge in [-0.3, -0.25) is 9.59 Å². The predicted molar refractivity (Wildman–Crippen MR) is 120 cm³/mol. The lowest BCUT2D eigenvalue weighted by molar-refractivity contribution is -0.141. The highest BCUT2D eigenvalue weighted by Crippen LogP contribution is 2.44. The van der Waals surface area contributed by atoms with Gasteiger partial charge in [-0.15, -0.1) is 0 Å². The first-order chi connectivity index (χ1) is 15.5. The van der Waals surface area contributed by atoms with Crippen LogP contribution in [0.4, 0.5) is 0 Å². The number of esters is 1. The lowest BCUT2D eigenvalue weighted by Crippen LogP contribution is -2.32. The maximum Gasteiger partial charge on any atom is 0.305 e. The van der Waals surface area contributed by atoms with Crippen LogP contribution in [0.5, 0.6) is 11.5 Å². The molecule has 1 aliphatic carbocycles. The van der Waals surface area contributed by atoms with E-state index in [1.54, 1.807) is 19.2 Å². The van der Waals surface area contributed by atoms with Crippen LogP contribution in [0.2, 0.25) is 0 Å². The highest BCUT2D eigenvalue weighted by molar-refractivity contribution is 6.07. The first kappa shape index (κ1) is 21.9. The number of hydrogen-bond acceptors (Lipinski definition) is 6. The molecule has 0 spiro atoms. The Hall–Kier alpha value is -3.35. The molecule has 2 atom stereocenters. The molecule has 32 heavy (non-hydrogen) atoms. The number of fused-ring (bicyclic) bond motifs is 3. The predicted octanol–water partition coefficient (Wildman–Crippen LogP) is 3.90. The van der Waals surface area contributed by atoms with E-state index in [0.717, 1.165) is 41.2 Å². The van der Waals surface area contributed by atoms with Crippen molar-refractivity contribution in [3.05, 3.63) is 59.2 Å². The summed E-state index contributed by atoms with van der Waals surface area (Å²) in [4.78, 5) is 24.7. The molecule has 0 fully saturated rings. The third-order valence-corrected chi connectivity index (χ3v) is 6.24. The Morgan fingerprint density at radius 1 is 1.00 bits per heavy atom. The monoisotopic (exact) mass is 436 g/mol. The maximum absolute atomic E-state index is 13.2. The fraction of sp³-hybridized carbons (Fsp3) is 0.400. The lowest BCUT2D eigenvalue weighted by atomic mass is 9.77. The van der Waals surface area contributed by atoms with E-state index >= 15 is 0 Å². The minimum atomic E-state index is -0.313. The molecular formula is C25H28N2O5. The standard InChI is InChI=1S/C25H28N2O5/c1-30-18-11-8-17(9-12-18)25-20-14-10-16-7-13-19(31-2)15-21(16)24(20)26-27(25)22(28)5-4-6-23(29)32-3/h7-9,11-13,15,20,25H,4-6,10,14H2,1-3H3. The van der Waals surface area contributed by atoms with E-state index in [1.807, 2.05) is 36.4 Å². The van der Waals surface area contributed by atoms with Crippen LogP contribution in [0.15, 0.2) is 47.6 Å². The highest BCUT2D eigenvalue weighted by Gasteiger charge is 2.43. The molecule has 0 N–H and O–H groups in total. The zero-order valence-electron chi connectivity index (χ0n) is 18.7. The van der Waals surface area contributed by atoms with Crippen LogP contribution in [-0.4, -0.2) is 43.9 Å². The van der Waals surface area contributed by atoms with Crippen LogP contribution in [0.25, 0.3) is 0 Å². The van der Waals surface area contributed by atoms with Crippen molar-refractivity contribution in [2.24, 2.45) is 11.0 Å². The van der Waals surface area contributed by atoms with Gasteiger partial charge in [0.2, 0.25) is 5.91 Å². The molecule has 7 nitrogen and oxygen atoms in total. The van der Waals surface area contributed by atoms with Crippen molar-refractivity contribution in [1.82, 2.24) is 5.01 Å². The number of methoxy groups -OCH3 is 3. The van der Waals surface area contributed by atoms with Gasteiger partial charge in [0.25, 0.3) is 0 Å². The fourth-order valence-electron chi connectivity index (χ4n) is 4.56. The van der Waals surface area contributed by atoms with Crippen LogP contribution >= 0.6 is 0 Å². The van der Waals surface area contributed by atoms with Crippen molar-refractivity contribution in [2.45, 2.75) is 38.1 Å². The van der Waals surface area contributed by atoms with E-state index in [9.17, 15) is 9.59 Å². The first-order valence-electron chi connectivity index (χ1n) is 10.8. The van der Waals surface area contributed by atoms with Crippen molar-refractivity contribution in [2.75, 3.05) is 21.3 Å². The van der Waals surface area contributed by atoms with Gasteiger partial charge < -0.3 is 14.2 Å². The first-order valence-corrected chi connectivity index (χ1v) is 10.8. The molecule has 1 aliphatic heterocycles. The fourth-order valence-corrected chi connectivity index (χ4v) is 4.56. The van der Waals surface area contributed by atoms with Gasteiger partial charge >= 0.3 is 5.97 Å². The second kappa shape index (κ2) is 9.42. The van der Waals surface area contributed by atoms with E-state index in [2.05, 4.69) is 6.07 Å². The molecule has 0 saturated carbocycles. The number of ether oxygens (including phenoxy) is 3. The number of rotatable bonds is 7. The number of benzene rings is 2. The number of hydrogen-bond donors (Lipinski definition) is 0. The summed E-state index contributed by atoms with van der Waals surface area (Å²) in [6.07, 6.45) is 2.69.